The van der Waals surface area contributed by atoms with Crippen LogP contribution in [-0.2, 0) is 0 Å². The maximum atomic E-state index is 13.5. The molecule has 2 rings (SSSR count). The molecule has 0 saturated heterocycles. The van der Waals surface area contributed by atoms with E-state index < -0.39 is 23.5 Å². The number of benzene rings is 1. The number of nitrogens with one attached hydrogen (secondary N) is 1. The largest absolute Gasteiger partial charge is 0.472 e. The molecule has 0 amide bonds. The van der Waals surface area contributed by atoms with E-state index in [9.17, 15) is 13.2 Å². The zero-order valence-corrected chi connectivity index (χ0v) is 8.58. The van der Waals surface area contributed by atoms with Gasteiger partial charge in [0.2, 0.25) is 0 Å². The number of hydrazine groups is 1. The molecule has 6 heteroatoms. The van der Waals surface area contributed by atoms with Crippen LogP contribution in [-0.4, -0.2) is 0 Å². The summed E-state index contributed by atoms with van der Waals surface area (Å²) in [5.74, 6) is 2.26. The van der Waals surface area contributed by atoms with Crippen LogP contribution in [0.5, 0.6) is 0 Å². The normalized spacial score (nSPS) is 12.7. The van der Waals surface area contributed by atoms with Crippen LogP contribution in [0.4, 0.5) is 13.2 Å². The summed E-state index contributed by atoms with van der Waals surface area (Å²) in [7, 11) is 0. The number of rotatable bonds is 3. The minimum Gasteiger partial charge on any atom is -0.472 e. The highest BCUT2D eigenvalue weighted by molar-refractivity contribution is 5.32. The van der Waals surface area contributed by atoms with Crippen molar-refractivity contribution in [1.29, 1.82) is 0 Å². The Hall–Kier alpha value is -1.79. The minimum atomic E-state index is -1.01. The van der Waals surface area contributed by atoms with Gasteiger partial charge < -0.3 is 4.42 Å². The monoisotopic (exact) mass is 242 g/mol. The second-order valence-electron chi connectivity index (χ2n) is 3.44. The Kier molecular flexibility index (Phi) is 3.16. The molecule has 0 aliphatic carbocycles. The minimum absolute atomic E-state index is 0.352. The quantitative estimate of drug-likeness (QED) is 0.641. The van der Waals surface area contributed by atoms with Crippen LogP contribution in [0.3, 0.4) is 0 Å². The first-order valence-corrected chi connectivity index (χ1v) is 4.76. The van der Waals surface area contributed by atoms with Crippen LogP contribution in [0, 0.1) is 17.5 Å². The van der Waals surface area contributed by atoms with Crippen molar-refractivity contribution in [1.82, 2.24) is 5.43 Å². The molecule has 0 fully saturated rings. The zero-order valence-electron chi connectivity index (χ0n) is 8.58. The number of furan rings is 1. The van der Waals surface area contributed by atoms with Crippen molar-refractivity contribution >= 4 is 0 Å². The van der Waals surface area contributed by atoms with Crippen LogP contribution in [0.1, 0.15) is 17.2 Å². The third kappa shape index (κ3) is 2.17. The van der Waals surface area contributed by atoms with E-state index in [0.717, 1.165) is 0 Å². The number of halogens is 3. The van der Waals surface area contributed by atoms with Gasteiger partial charge in [0.25, 0.3) is 0 Å². The molecular formula is C11H9F3N2O. The molecule has 0 saturated carbocycles. The van der Waals surface area contributed by atoms with E-state index in [-0.39, 0.29) is 5.56 Å². The average molecular weight is 242 g/mol. The van der Waals surface area contributed by atoms with Crippen LogP contribution >= 0.6 is 0 Å². The van der Waals surface area contributed by atoms with Gasteiger partial charge >= 0.3 is 0 Å². The second kappa shape index (κ2) is 4.60. The van der Waals surface area contributed by atoms with Crippen LogP contribution in [0.15, 0.2) is 35.1 Å². The Morgan fingerprint density at radius 2 is 1.82 bits per heavy atom. The van der Waals surface area contributed by atoms with Crippen molar-refractivity contribution < 1.29 is 17.6 Å². The van der Waals surface area contributed by atoms with Crippen molar-refractivity contribution in [2.24, 2.45) is 5.84 Å². The number of hydrogen-bond donors (Lipinski definition) is 2. The van der Waals surface area contributed by atoms with Gasteiger partial charge in [-0.2, -0.15) is 0 Å². The van der Waals surface area contributed by atoms with Gasteiger partial charge in [0.05, 0.1) is 18.6 Å². The van der Waals surface area contributed by atoms with E-state index in [4.69, 9.17) is 10.3 Å². The van der Waals surface area contributed by atoms with E-state index >= 15 is 0 Å². The first-order chi connectivity index (χ1) is 8.13. The van der Waals surface area contributed by atoms with Gasteiger partial charge in [0.1, 0.15) is 17.5 Å². The number of nitrogens with two attached hydrogens (primary N) is 1. The van der Waals surface area contributed by atoms with Crippen LogP contribution in [0.25, 0.3) is 0 Å². The SMILES string of the molecule is NNC(c1ccoc1)c1c(F)cc(F)cc1F. The van der Waals surface area contributed by atoms with E-state index in [0.29, 0.717) is 17.7 Å². The van der Waals surface area contributed by atoms with E-state index in [2.05, 4.69) is 5.43 Å². The molecule has 1 heterocycles. The summed E-state index contributed by atoms with van der Waals surface area (Å²) in [5, 5.41) is 0. The summed E-state index contributed by atoms with van der Waals surface area (Å²) in [6, 6.07) is 1.77. The Bertz CT molecular complexity index is 490. The fourth-order valence-corrected chi connectivity index (χ4v) is 1.61. The predicted molar refractivity (Wildman–Crippen MR) is 54.2 cm³/mol. The van der Waals surface area contributed by atoms with E-state index in [1.54, 1.807) is 0 Å². The molecule has 90 valence electrons. The number of hydrogen-bond acceptors (Lipinski definition) is 3. The molecular weight excluding hydrogens is 233 g/mol. The van der Waals surface area contributed by atoms with Crippen molar-refractivity contribution in [3.05, 3.63) is 59.3 Å². The highest BCUT2D eigenvalue weighted by Crippen LogP contribution is 2.27. The Labute approximate surface area is 95.0 Å². The standard InChI is InChI=1S/C11H9F3N2O/c12-7-3-8(13)10(9(14)4-7)11(16-15)6-1-2-17-5-6/h1-5,11,16H,15H2. The smallest absolute Gasteiger partial charge is 0.134 e. The summed E-state index contributed by atoms with van der Waals surface area (Å²) in [6.45, 7) is 0. The molecule has 0 aliphatic heterocycles. The van der Waals surface area contributed by atoms with Crippen molar-refractivity contribution in [3.63, 3.8) is 0 Å². The summed E-state index contributed by atoms with van der Waals surface area (Å²) in [6.07, 6.45) is 2.64. The fourth-order valence-electron chi connectivity index (χ4n) is 1.61. The van der Waals surface area contributed by atoms with Crippen molar-refractivity contribution in [3.8, 4) is 0 Å². The lowest BCUT2D eigenvalue weighted by Crippen LogP contribution is -2.30. The van der Waals surface area contributed by atoms with Gasteiger partial charge in [0, 0.05) is 23.3 Å². The summed E-state index contributed by atoms with van der Waals surface area (Å²) in [4.78, 5) is 0. The highest BCUT2D eigenvalue weighted by atomic mass is 19.1. The van der Waals surface area contributed by atoms with Crippen molar-refractivity contribution in [2.75, 3.05) is 0 Å². The topological polar surface area (TPSA) is 51.2 Å². The van der Waals surface area contributed by atoms with Gasteiger partial charge in [0.15, 0.2) is 0 Å². The van der Waals surface area contributed by atoms with E-state index in [1.807, 2.05) is 0 Å². The Morgan fingerprint density at radius 3 is 2.29 bits per heavy atom. The Balaban J connectivity index is 2.52. The first kappa shape index (κ1) is 11.7. The molecule has 0 radical (unpaired) electrons. The Morgan fingerprint density at radius 1 is 1.18 bits per heavy atom. The molecule has 1 unspecified atom stereocenters. The van der Waals surface area contributed by atoms with Crippen molar-refractivity contribution in [2.45, 2.75) is 6.04 Å². The van der Waals surface area contributed by atoms with Gasteiger partial charge in [-0.3, -0.25) is 5.84 Å². The third-order valence-corrected chi connectivity index (χ3v) is 2.38. The maximum Gasteiger partial charge on any atom is 0.134 e. The lowest BCUT2D eigenvalue weighted by molar-refractivity contribution is 0.488. The molecule has 0 aliphatic rings. The molecule has 0 spiro atoms. The van der Waals surface area contributed by atoms with Gasteiger partial charge in [-0.1, -0.05) is 0 Å². The lowest BCUT2D eigenvalue weighted by atomic mass is 10.0. The van der Waals surface area contributed by atoms with Gasteiger partial charge in [-0.05, 0) is 6.07 Å². The zero-order chi connectivity index (χ0) is 12.4. The summed E-state index contributed by atoms with van der Waals surface area (Å²) in [5.41, 5.74) is 2.35. The molecule has 2 aromatic rings. The molecule has 1 aromatic carbocycles. The maximum absolute atomic E-state index is 13.5. The third-order valence-electron chi connectivity index (χ3n) is 2.38. The van der Waals surface area contributed by atoms with Crippen LogP contribution < -0.4 is 11.3 Å². The lowest BCUT2D eigenvalue weighted by Gasteiger charge is -2.16. The van der Waals surface area contributed by atoms with Crippen LogP contribution in [0.2, 0.25) is 0 Å². The highest BCUT2D eigenvalue weighted by Gasteiger charge is 2.22. The molecule has 1 atom stereocenters. The molecule has 0 bridgehead atoms. The summed E-state index contributed by atoms with van der Waals surface area (Å²) >= 11 is 0. The molecule has 17 heavy (non-hydrogen) atoms. The van der Waals surface area contributed by atoms with E-state index in [1.165, 1.54) is 18.6 Å². The molecule has 3 N–H and O–H groups in total. The van der Waals surface area contributed by atoms with Gasteiger partial charge in [-0.15, -0.1) is 0 Å². The second-order valence-corrected chi connectivity index (χ2v) is 3.44. The van der Waals surface area contributed by atoms with Gasteiger partial charge in [-0.25, -0.2) is 18.6 Å². The molecule has 1 aromatic heterocycles. The summed E-state index contributed by atoms with van der Waals surface area (Å²) < 4.78 is 44.6. The molecule has 3 nitrogen and oxygen atoms in total. The first-order valence-electron chi connectivity index (χ1n) is 4.76. The average Bonchev–Trinajstić information content (AvgIpc) is 2.76. The fraction of sp³-hybridized carbons (Fsp3) is 0.0909. The predicted octanol–water partition coefficient (Wildman–Crippen LogP) is 2.25.